The third-order valence-corrected chi connectivity index (χ3v) is 5.62. The second kappa shape index (κ2) is 9.61. The maximum absolute atomic E-state index is 12.6. The number of nitrogens with zero attached hydrogens (tertiary/aromatic N) is 1. The Balaban J connectivity index is 2.42. The van der Waals surface area contributed by atoms with Gasteiger partial charge in [-0.2, -0.15) is 4.40 Å². The summed E-state index contributed by atoms with van der Waals surface area (Å²) in [6.07, 6.45) is 7.11. The third-order valence-electron chi connectivity index (χ3n) is 4.21. The van der Waals surface area contributed by atoms with Crippen molar-refractivity contribution in [2.45, 2.75) is 45.8 Å². The van der Waals surface area contributed by atoms with Gasteiger partial charge in [-0.1, -0.05) is 72.3 Å². The second-order valence-electron chi connectivity index (χ2n) is 7.55. The average Bonchev–Trinajstić information content (AvgIpc) is 2.65. The van der Waals surface area contributed by atoms with Gasteiger partial charge in [-0.3, -0.25) is 0 Å². The van der Waals surface area contributed by atoms with Gasteiger partial charge in [0.25, 0.3) is 0 Å². The van der Waals surface area contributed by atoms with Crippen molar-refractivity contribution in [3.05, 3.63) is 89.0 Å². The predicted octanol–water partition coefficient (Wildman–Crippen LogP) is 6.16. The molecule has 0 fully saturated rings. The molecule has 0 saturated heterocycles. The van der Waals surface area contributed by atoms with Gasteiger partial charge in [0, 0.05) is 5.56 Å². The summed E-state index contributed by atoms with van der Waals surface area (Å²) in [5.74, 6) is 0. The molecule has 0 radical (unpaired) electrons. The van der Waals surface area contributed by atoms with Crippen LogP contribution in [0.5, 0.6) is 0 Å². The third kappa shape index (κ3) is 6.44. The molecule has 2 nitrogen and oxygen atoms in total. The largest absolute Gasteiger partial charge is 0.234 e. The molecule has 0 heterocycles. The minimum Gasteiger partial charge on any atom is -0.234 e. The number of allylic oxidation sites excluding steroid dienone is 3. The minimum atomic E-state index is -1.31. The molecule has 1 atom stereocenters. The molecule has 0 aliphatic heterocycles. The summed E-state index contributed by atoms with van der Waals surface area (Å²) < 4.78 is 16.7. The number of benzene rings is 2. The number of hydrogen-bond acceptors (Lipinski definition) is 1. The fourth-order valence-electron chi connectivity index (χ4n) is 2.44. The molecule has 0 saturated carbocycles. The van der Waals surface area contributed by atoms with Gasteiger partial charge in [-0.15, -0.1) is 0 Å². The highest BCUT2D eigenvalue weighted by Gasteiger charge is 2.19. The standard InChI is InChI=1S/C24H29NOS/c1-6-19(2)18-22-15-11-10-12-20(22)16-17-23(21-13-8-7-9-14-21)25-27(26)24(3,4)5/h6-17H,18H2,1-5H3/b17-16+,19-6+,25-23+/t27-/m1/s1. The first kappa shape index (κ1) is 21.0. The van der Waals surface area contributed by atoms with E-state index in [9.17, 15) is 4.21 Å². The molecule has 0 spiro atoms. The van der Waals surface area contributed by atoms with Crippen LogP contribution in [0.3, 0.4) is 0 Å². The molecule has 2 rings (SSSR count). The van der Waals surface area contributed by atoms with Crippen LogP contribution in [0.15, 0.2) is 76.7 Å². The van der Waals surface area contributed by atoms with Crippen molar-refractivity contribution in [1.29, 1.82) is 0 Å². The van der Waals surface area contributed by atoms with E-state index in [2.05, 4.69) is 48.6 Å². The molecule has 3 heteroatoms. The normalized spacial score (nSPS) is 14.6. The van der Waals surface area contributed by atoms with Gasteiger partial charge in [0.15, 0.2) is 0 Å². The van der Waals surface area contributed by atoms with E-state index in [0.29, 0.717) is 0 Å². The van der Waals surface area contributed by atoms with Crippen LogP contribution in [-0.2, 0) is 17.4 Å². The summed E-state index contributed by atoms with van der Waals surface area (Å²) in [7, 11) is -1.31. The Morgan fingerprint density at radius 3 is 2.30 bits per heavy atom. The Bertz CT molecular complexity index is 871. The second-order valence-corrected chi connectivity index (χ2v) is 9.45. The molecule has 142 valence electrons. The van der Waals surface area contributed by atoms with Gasteiger partial charge in [-0.05, 0) is 58.2 Å². The first-order valence-electron chi connectivity index (χ1n) is 9.25. The van der Waals surface area contributed by atoms with E-state index >= 15 is 0 Å². The Morgan fingerprint density at radius 1 is 1.04 bits per heavy atom. The van der Waals surface area contributed by atoms with Crippen LogP contribution in [-0.4, -0.2) is 14.7 Å². The molecule has 0 aromatic heterocycles. The fourth-order valence-corrected chi connectivity index (χ4v) is 3.06. The first-order valence-corrected chi connectivity index (χ1v) is 10.4. The zero-order chi connectivity index (χ0) is 19.9. The lowest BCUT2D eigenvalue weighted by Gasteiger charge is -2.14. The zero-order valence-electron chi connectivity index (χ0n) is 16.9. The minimum absolute atomic E-state index is 0.394. The molecule has 0 unspecified atom stereocenters. The van der Waals surface area contributed by atoms with Gasteiger partial charge in [-0.25, -0.2) is 4.21 Å². The summed E-state index contributed by atoms with van der Waals surface area (Å²) in [6, 6.07) is 18.3. The highest BCUT2D eigenvalue weighted by Crippen LogP contribution is 2.18. The van der Waals surface area contributed by atoms with Crippen molar-refractivity contribution < 1.29 is 4.21 Å². The molecule has 2 aromatic carbocycles. The van der Waals surface area contributed by atoms with Crippen LogP contribution in [0.25, 0.3) is 6.08 Å². The molecule has 27 heavy (non-hydrogen) atoms. The Kier molecular flexibility index (Phi) is 7.49. The van der Waals surface area contributed by atoms with E-state index in [-0.39, 0.29) is 0 Å². The molecule has 0 amide bonds. The van der Waals surface area contributed by atoms with Crippen LogP contribution >= 0.6 is 0 Å². The van der Waals surface area contributed by atoms with Crippen molar-refractivity contribution >= 4 is 22.8 Å². The zero-order valence-corrected chi connectivity index (χ0v) is 17.7. The smallest absolute Gasteiger partial charge is 0.145 e. The van der Waals surface area contributed by atoms with E-state index in [1.807, 2.05) is 63.2 Å². The fraction of sp³-hybridized carbons (Fsp3) is 0.292. The first-order chi connectivity index (χ1) is 12.8. The summed E-state index contributed by atoms with van der Waals surface area (Å²) in [5, 5.41) is 0. The van der Waals surface area contributed by atoms with E-state index in [1.165, 1.54) is 11.1 Å². The van der Waals surface area contributed by atoms with Crippen molar-refractivity contribution in [2.24, 2.45) is 4.40 Å². The monoisotopic (exact) mass is 379 g/mol. The van der Waals surface area contributed by atoms with E-state index < -0.39 is 15.7 Å². The summed E-state index contributed by atoms with van der Waals surface area (Å²) in [6.45, 7) is 10.0. The summed E-state index contributed by atoms with van der Waals surface area (Å²) >= 11 is 0. The molecule has 0 bridgehead atoms. The SMILES string of the molecule is C/C=C(\C)Cc1ccccc1/C=C/C(=N\[S@](=O)C(C)(C)C)c1ccccc1. The van der Waals surface area contributed by atoms with Crippen molar-refractivity contribution in [2.75, 3.05) is 0 Å². The Hall–Kier alpha value is -2.26. The maximum atomic E-state index is 12.6. The molecule has 0 aliphatic rings. The number of hydrogen-bond donors (Lipinski definition) is 0. The van der Waals surface area contributed by atoms with Gasteiger partial charge < -0.3 is 0 Å². The van der Waals surface area contributed by atoms with Crippen molar-refractivity contribution in [3.8, 4) is 0 Å². The molecule has 2 aromatic rings. The Labute approximate surface area is 166 Å². The predicted molar refractivity (Wildman–Crippen MR) is 119 cm³/mol. The van der Waals surface area contributed by atoms with Crippen LogP contribution < -0.4 is 0 Å². The van der Waals surface area contributed by atoms with Gasteiger partial charge >= 0.3 is 0 Å². The quantitative estimate of drug-likeness (QED) is 0.436. The molecular weight excluding hydrogens is 350 g/mol. The van der Waals surface area contributed by atoms with Crippen LogP contribution in [0.4, 0.5) is 0 Å². The molecule has 0 N–H and O–H groups in total. The lowest BCUT2D eigenvalue weighted by molar-refractivity contribution is 0.650. The lowest BCUT2D eigenvalue weighted by atomic mass is 9.99. The lowest BCUT2D eigenvalue weighted by Crippen LogP contribution is -2.20. The van der Waals surface area contributed by atoms with E-state index in [4.69, 9.17) is 0 Å². The maximum Gasteiger partial charge on any atom is 0.145 e. The summed E-state index contributed by atoms with van der Waals surface area (Å²) in [4.78, 5) is 0. The van der Waals surface area contributed by atoms with Gasteiger partial charge in [0.2, 0.25) is 0 Å². The van der Waals surface area contributed by atoms with Gasteiger partial charge in [0.1, 0.15) is 11.0 Å². The van der Waals surface area contributed by atoms with Crippen LogP contribution in [0.1, 0.15) is 51.3 Å². The van der Waals surface area contributed by atoms with E-state index in [0.717, 1.165) is 23.3 Å². The van der Waals surface area contributed by atoms with Crippen LogP contribution in [0, 0.1) is 0 Å². The van der Waals surface area contributed by atoms with Crippen molar-refractivity contribution in [1.82, 2.24) is 0 Å². The number of rotatable bonds is 6. The van der Waals surface area contributed by atoms with E-state index in [1.54, 1.807) is 0 Å². The molecular formula is C24H29NOS. The van der Waals surface area contributed by atoms with Crippen molar-refractivity contribution in [3.63, 3.8) is 0 Å². The highest BCUT2D eigenvalue weighted by molar-refractivity contribution is 7.85. The van der Waals surface area contributed by atoms with Gasteiger partial charge in [0.05, 0.1) is 10.5 Å². The van der Waals surface area contributed by atoms with Crippen LogP contribution in [0.2, 0.25) is 0 Å². The Morgan fingerprint density at radius 2 is 1.67 bits per heavy atom. The highest BCUT2D eigenvalue weighted by atomic mass is 32.2. The topological polar surface area (TPSA) is 29.4 Å². The molecule has 0 aliphatic carbocycles. The average molecular weight is 380 g/mol. The summed E-state index contributed by atoms with van der Waals surface area (Å²) in [5.41, 5.74) is 5.47.